The maximum atomic E-state index is 8.86. The van der Waals surface area contributed by atoms with E-state index in [0.29, 0.717) is 17.2 Å². The monoisotopic (exact) mass is 325 g/mol. The molecule has 0 aliphatic heterocycles. The van der Waals surface area contributed by atoms with Gasteiger partial charge in [-0.25, -0.2) is 14.5 Å². The number of nitrogens with zero attached hydrogens (tertiary/aromatic N) is 5. The Morgan fingerprint density at radius 2 is 2.26 bits per heavy atom. The van der Waals surface area contributed by atoms with Crippen molar-refractivity contribution in [2.45, 2.75) is 46.5 Å². The molecule has 0 saturated carbocycles. The molecule has 3 aromatic rings. The topological polar surface area (TPSA) is 66.9 Å². The minimum atomic E-state index is 0.238. The Morgan fingerprint density at radius 3 is 3.00 bits per heavy atom. The van der Waals surface area contributed by atoms with Gasteiger partial charge in [-0.05, 0) is 36.2 Å². The molecular formula is C17H19N5S. The SMILES string of the molecule is CC(C)(C)C1CCc2c(sc3ncn4nc(CC#N)nc4c23)C1. The van der Waals surface area contributed by atoms with E-state index in [1.807, 2.05) is 0 Å². The highest BCUT2D eigenvalue weighted by Crippen LogP contribution is 2.43. The number of thiophene rings is 1. The summed E-state index contributed by atoms with van der Waals surface area (Å²) in [6.45, 7) is 7.00. The lowest BCUT2D eigenvalue weighted by Gasteiger charge is -2.33. The lowest BCUT2D eigenvalue weighted by atomic mass is 9.72. The van der Waals surface area contributed by atoms with Gasteiger partial charge in [0.2, 0.25) is 0 Å². The second-order valence-electron chi connectivity index (χ2n) is 7.37. The average molecular weight is 325 g/mol. The van der Waals surface area contributed by atoms with Gasteiger partial charge in [-0.3, -0.25) is 0 Å². The number of aryl methyl sites for hydroxylation is 1. The lowest BCUT2D eigenvalue weighted by molar-refractivity contribution is 0.218. The van der Waals surface area contributed by atoms with Gasteiger partial charge in [-0.15, -0.1) is 16.4 Å². The van der Waals surface area contributed by atoms with Gasteiger partial charge in [0.1, 0.15) is 11.2 Å². The van der Waals surface area contributed by atoms with E-state index < -0.39 is 0 Å². The van der Waals surface area contributed by atoms with Crippen LogP contribution in [0.25, 0.3) is 15.9 Å². The molecule has 0 aromatic carbocycles. The summed E-state index contributed by atoms with van der Waals surface area (Å²) in [6.07, 6.45) is 5.38. The molecule has 0 fully saturated rings. The van der Waals surface area contributed by atoms with E-state index in [-0.39, 0.29) is 6.42 Å². The van der Waals surface area contributed by atoms with Crippen molar-refractivity contribution in [3.63, 3.8) is 0 Å². The number of nitriles is 1. The van der Waals surface area contributed by atoms with E-state index >= 15 is 0 Å². The third-order valence-corrected chi connectivity index (χ3v) is 6.05. The molecule has 0 amide bonds. The summed E-state index contributed by atoms with van der Waals surface area (Å²) < 4.78 is 1.72. The minimum Gasteiger partial charge on any atom is -0.225 e. The van der Waals surface area contributed by atoms with Crippen molar-refractivity contribution in [3.05, 3.63) is 22.6 Å². The Bertz CT molecular complexity index is 938. The number of hydrogen-bond donors (Lipinski definition) is 0. The van der Waals surface area contributed by atoms with E-state index in [2.05, 4.69) is 41.9 Å². The van der Waals surface area contributed by atoms with E-state index in [0.717, 1.165) is 28.7 Å². The molecule has 0 bridgehead atoms. The van der Waals surface area contributed by atoms with Crippen molar-refractivity contribution in [1.29, 1.82) is 5.26 Å². The summed E-state index contributed by atoms with van der Waals surface area (Å²) in [7, 11) is 0. The van der Waals surface area contributed by atoms with Crippen LogP contribution < -0.4 is 0 Å². The summed E-state index contributed by atoms with van der Waals surface area (Å²) in [5.41, 5.74) is 2.59. The van der Waals surface area contributed by atoms with Crippen LogP contribution in [0.2, 0.25) is 0 Å². The van der Waals surface area contributed by atoms with E-state index in [9.17, 15) is 0 Å². The molecule has 4 rings (SSSR count). The van der Waals surface area contributed by atoms with Gasteiger partial charge in [0.05, 0.1) is 17.9 Å². The Morgan fingerprint density at radius 1 is 1.43 bits per heavy atom. The second-order valence-corrected chi connectivity index (χ2v) is 8.45. The molecule has 6 heteroatoms. The van der Waals surface area contributed by atoms with Gasteiger partial charge < -0.3 is 0 Å². The number of fused-ring (bicyclic) bond motifs is 5. The van der Waals surface area contributed by atoms with Gasteiger partial charge in [0.15, 0.2) is 11.5 Å². The van der Waals surface area contributed by atoms with Gasteiger partial charge >= 0.3 is 0 Å². The molecule has 1 aliphatic rings. The van der Waals surface area contributed by atoms with E-state index in [1.165, 1.54) is 16.9 Å². The zero-order valence-electron chi connectivity index (χ0n) is 13.6. The van der Waals surface area contributed by atoms with Gasteiger partial charge in [-0.2, -0.15) is 5.26 Å². The first-order valence-corrected chi connectivity index (χ1v) is 8.80. The summed E-state index contributed by atoms with van der Waals surface area (Å²) in [5.74, 6) is 1.29. The van der Waals surface area contributed by atoms with Crippen LogP contribution in [0.1, 0.15) is 43.5 Å². The van der Waals surface area contributed by atoms with Crippen LogP contribution in [-0.2, 0) is 19.3 Å². The van der Waals surface area contributed by atoms with Crippen molar-refractivity contribution in [2.24, 2.45) is 11.3 Å². The molecule has 5 nitrogen and oxygen atoms in total. The summed E-state index contributed by atoms with van der Waals surface area (Å²) >= 11 is 1.80. The van der Waals surface area contributed by atoms with Gasteiger partial charge in [-0.1, -0.05) is 20.8 Å². The Balaban J connectivity index is 1.87. The highest BCUT2D eigenvalue weighted by atomic mass is 32.1. The van der Waals surface area contributed by atoms with E-state index in [4.69, 9.17) is 5.26 Å². The Hall–Kier alpha value is -2.00. The van der Waals surface area contributed by atoms with Crippen LogP contribution >= 0.6 is 11.3 Å². The second kappa shape index (κ2) is 5.00. The van der Waals surface area contributed by atoms with Crippen molar-refractivity contribution in [3.8, 4) is 6.07 Å². The standard InChI is InChI=1S/C17H19N5S/c1-17(2,3)10-4-5-11-12(8-10)23-16-14(11)15-20-13(6-7-18)21-22(15)9-19-16/h9-10H,4-6,8H2,1-3H3. The fourth-order valence-electron chi connectivity index (χ4n) is 3.50. The predicted molar refractivity (Wildman–Crippen MR) is 90.5 cm³/mol. The van der Waals surface area contributed by atoms with Crippen molar-refractivity contribution in [1.82, 2.24) is 19.6 Å². The quantitative estimate of drug-likeness (QED) is 0.686. The number of rotatable bonds is 1. The van der Waals surface area contributed by atoms with Crippen LogP contribution in [-0.4, -0.2) is 19.6 Å². The van der Waals surface area contributed by atoms with Crippen LogP contribution in [0.5, 0.6) is 0 Å². The van der Waals surface area contributed by atoms with Crippen molar-refractivity contribution in [2.75, 3.05) is 0 Å². The largest absolute Gasteiger partial charge is 0.225 e. The minimum absolute atomic E-state index is 0.238. The molecular weight excluding hydrogens is 306 g/mol. The molecule has 3 aromatic heterocycles. The smallest absolute Gasteiger partial charge is 0.168 e. The summed E-state index contributed by atoms with van der Waals surface area (Å²) in [5, 5.41) is 14.4. The molecule has 3 heterocycles. The summed E-state index contributed by atoms with van der Waals surface area (Å²) in [4.78, 5) is 11.7. The summed E-state index contributed by atoms with van der Waals surface area (Å²) in [6, 6.07) is 2.12. The normalized spacial score (nSPS) is 18.3. The first-order valence-electron chi connectivity index (χ1n) is 7.99. The van der Waals surface area contributed by atoms with Crippen molar-refractivity contribution >= 4 is 27.2 Å². The maximum absolute atomic E-state index is 8.86. The number of aromatic nitrogens is 4. The third kappa shape index (κ3) is 2.31. The van der Waals surface area contributed by atoms with Crippen LogP contribution in [0.3, 0.4) is 0 Å². The van der Waals surface area contributed by atoms with Gasteiger partial charge in [0, 0.05) is 4.88 Å². The zero-order chi connectivity index (χ0) is 16.2. The maximum Gasteiger partial charge on any atom is 0.168 e. The van der Waals surface area contributed by atoms with Crippen LogP contribution in [0.15, 0.2) is 6.33 Å². The predicted octanol–water partition coefficient (Wildman–Crippen LogP) is 3.56. The fourth-order valence-corrected chi connectivity index (χ4v) is 4.77. The average Bonchev–Trinajstić information content (AvgIpc) is 3.05. The molecule has 0 radical (unpaired) electrons. The third-order valence-electron chi connectivity index (χ3n) is 4.89. The Kier molecular flexibility index (Phi) is 3.17. The zero-order valence-corrected chi connectivity index (χ0v) is 14.4. The van der Waals surface area contributed by atoms with Crippen molar-refractivity contribution < 1.29 is 0 Å². The Labute approximate surface area is 139 Å². The molecule has 1 atom stereocenters. The van der Waals surface area contributed by atoms with Crippen LogP contribution in [0.4, 0.5) is 0 Å². The molecule has 1 unspecified atom stereocenters. The molecule has 23 heavy (non-hydrogen) atoms. The van der Waals surface area contributed by atoms with Crippen LogP contribution in [0, 0.1) is 22.7 Å². The van der Waals surface area contributed by atoms with E-state index in [1.54, 1.807) is 22.2 Å². The molecule has 0 saturated heterocycles. The molecule has 1 aliphatic carbocycles. The fraction of sp³-hybridized carbons (Fsp3) is 0.529. The molecule has 0 N–H and O–H groups in total. The first-order chi connectivity index (χ1) is 11.0. The van der Waals surface area contributed by atoms with Gasteiger partial charge in [0.25, 0.3) is 0 Å². The first kappa shape index (κ1) is 14.6. The lowest BCUT2D eigenvalue weighted by Crippen LogP contribution is -2.26. The number of hydrogen-bond acceptors (Lipinski definition) is 5. The highest BCUT2D eigenvalue weighted by molar-refractivity contribution is 7.19. The highest BCUT2D eigenvalue weighted by Gasteiger charge is 2.31. The molecule has 118 valence electrons. The molecule has 0 spiro atoms.